The number of anilines is 1. The molecule has 0 amide bonds. The normalized spacial score (nSPS) is 11.8. The number of hydrogen-bond donors (Lipinski definition) is 2. The third-order valence-electron chi connectivity index (χ3n) is 1.85. The van der Waals surface area contributed by atoms with E-state index in [4.69, 9.17) is 11.6 Å². The Kier molecular flexibility index (Phi) is 5.24. The van der Waals surface area contributed by atoms with Gasteiger partial charge in [0.15, 0.2) is 0 Å². The molecular formula is C10H14BrClN2O2S. The lowest BCUT2D eigenvalue weighted by molar-refractivity contribution is 0.565. The van der Waals surface area contributed by atoms with E-state index in [1.807, 2.05) is 13.8 Å². The molecule has 0 aromatic heterocycles. The van der Waals surface area contributed by atoms with Crippen molar-refractivity contribution < 1.29 is 8.42 Å². The van der Waals surface area contributed by atoms with E-state index in [1.165, 1.54) is 0 Å². The molecule has 0 saturated carbocycles. The first-order valence-electron chi connectivity index (χ1n) is 5.02. The van der Waals surface area contributed by atoms with Gasteiger partial charge >= 0.3 is 0 Å². The molecule has 0 aliphatic heterocycles. The minimum absolute atomic E-state index is 0.240. The Morgan fingerprint density at radius 2 is 2.06 bits per heavy atom. The first-order chi connectivity index (χ1) is 7.80. The first-order valence-corrected chi connectivity index (χ1v) is 7.68. The van der Waals surface area contributed by atoms with Gasteiger partial charge < -0.3 is 0 Å². The van der Waals surface area contributed by atoms with Gasteiger partial charge in [0, 0.05) is 11.0 Å². The molecule has 1 aromatic carbocycles. The van der Waals surface area contributed by atoms with Gasteiger partial charge in [-0.25, -0.2) is 0 Å². The Labute approximate surface area is 115 Å². The summed E-state index contributed by atoms with van der Waals surface area (Å²) in [6.07, 6.45) is 0. The highest BCUT2D eigenvalue weighted by molar-refractivity contribution is 9.10. The van der Waals surface area contributed by atoms with E-state index in [-0.39, 0.29) is 5.92 Å². The molecule has 17 heavy (non-hydrogen) atoms. The van der Waals surface area contributed by atoms with E-state index in [9.17, 15) is 8.42 Å². The largest absolute Gasteiger partial charge is 0.299 e. The lowest BCUT2D eigenvalue weighted by atomic mass is 10.2. The predicted octanol–water partition coefficient (Wildman–Crippen LogP) is 3.00. The molecule has 0 saturated heterocycles. The van der Waals surface area contributed by atoms with Gasteiger partial charge in [0.1, 0.15) is 0 Å². The van der Waals surface area contributed by atoms with Crippen LogP contribution >= 0.6 is 27.5 Å². The van der Waals surface area contributed by atoms with Crippen molar-refractivity contribution in [1.82, 2.24) is 4.72 Å². The molecular weight excluding hydrogens is 328 g/mol. The van der Waals surface area contributed by atoms with Crippen LogP contribution in [0.1, 0.15) is 13.8 Å². The number of benzene rings is 1. The molecule has 0 atom stereocenters. The molecule has 0 fully saturated rings. The average molecular weight is 342 g/mol. The van der Waals surface area contributed by atoms with Gasteiger partial charge in [0.2, 0.25) is 0 Å². The fourth-order valence-corrected chi connectivity index (χ4v) is 2.70. The van der Waals surface area contributed by atoms with Gasteiger partial charge in [0.25, 0.3) is 10.2 Å². The molecule has 0 radical (unpaired) electrons. The summed E-state index contributed by atoms with van der Waals surface area (Å²) in [5.41, 5.74) is 0.345. The van der Waals surface area contributed by atoms with Crippen LogP contribution in [0.5, 0.6) is 0 Å². The maximum atomic E-state index is 11.7. The molecule has 1 rings (SSSR count). The minimum atomic E-state index is -3.57. The van der Waals surface area contributed by atoms with Crippen molar-refractivity contribution in [2.45, 2.75) is 13.8 Å². The summed E-state index contributed by atoms with van der Waals surface area (Å²) in [5, 5.41) is 0.350. The van der Waals surface area contributed by atoms with Gasteiger partial charge in [-0.05, 0) is 24.1 Å². The second-order valence-electron chi connectivity index (χ2n) is 3.97. The van der Waals surface area contributed by atoms with Crippen LogP contribution in [0.3, 0.4) is 0 Å². The summed E-state index contributed by atoms with van der Waals surface area (Å²) in [6, 6.07) is 4.96. The summed E-state index contributed by atoms with van der Waals surface area (Å²) in [4.78, 5) is 0. The zero-order valence-corrected chi connectivity index (χ0v) is 12.7. The minimum Gasteiger partial charge on any atom is -0.270 e. The number of hydrogen-bond acceptors (Lipinski definition) is 2. The lowest BCUT2D eigenvalue weighted by Crippen LogP contribution is -2.32. The number of rotatable bonds is 5. The van der Waals surface area contributed by atoms with Crippen molar-refractivity contribution in [1.29, 1.82) is 0 Å². The Morgan fingerprint density at radius 1 is 1.41 bits per heavy atom. The summed E-state index contributed by atoms with van der Waals surface area (Å²) in [6.45, 7) is 4.23. The predicted molar refractivity (Wildman–Crippen MR) is 74.5 cm³/mol. The van der Waals surface area contributed by atoms with Crippen LogP contribution < -0.4 is 9.44 Å². The monoisotopic (exact) mass is 340 g/mol. The van der Waals surface area contributed by atoms with Crippen LogP contribution in [0.4, 0.5) is 5.69 Å². The second kappa shape index (κ2) is 6.04. The summed E-state index contributed by atoms with van der Waals surface area (Å²) in [7, 11) is -3.57. The van der Waals surface area contributed by atoms with E-state index in [0.717, 1.165) is 4.47 Å². The highest BCUT2D eigenvalue weighted by Gasteiger charge is 2.12. The molecule has 7 heteroatoms. The summed E-state index contributed by atoms with van der Waals surface area (Å²) < 4.78 is 28.9. The Hall–Kier alpha value is -0.300. The molecule has 0 heterocycles. The molecule has 96 valence electrons. The van der Waals surface area contributed by atoms with Crippen molar-refractivity contribution in [2.24, 2.45) is 5.92 Å². The maximum Gasteiger partial charge on any atom is 0.299 e. The SMILES string of the molecule is CC(C)CNS(=O)(=O)Nc1cc(Br)ccc1Cl. The zero-order chi connectivity index (χ0) is 13.1. The van der Waals surface area contributed by atoms with Crippen molar-refractivity contribution in [3.05, 3.63) is 27.7 Å². The molecule has 0 bridgehead atoms. The molecule has 0 aliphatic carbocycles. The Balaban J connectivity index is 2.79. The molecule has 1 aromatic rings. The highest BCUT2D eigenvalue weighted by Crippen LogP contribution is 2.26. The van der Waals surface area contributed by atoms with Gasteiger partial charge in [-0.2, -0.15) is 13.1 Å². The Morgan fingerprint density at radius 3 is 2.65 bits per heavy atom. The van der Waals surface area contributed by atoms with Gasteiger partial charge in [0.05, 0.1) is 10.7 Å². The van der Waals surface area contributed by atoms with Gasteiger partial charge in [-0.1, -0.05) is 41.4 Å². The molecule has 2 N–H and O–H groups in total. The molecule has 0 spiro atoms. The molecule has 0 aliphatic rings. The number of halogens is 2. The summed E-state index contributed by atoms with van der Waals surface area (Å²) in [5.74, 6) is 0.240. The van der Waals surface area contributed by atoms with E-state index in [0.29, 0.717) is 17.3 Å². The third-order valence-corrected chi connectivity index (χ3v) is 3.71. The van der Waals surface area contributed by atoms with Crippen molar-refractivity contribution in [2.75, 3.05) is 11.3 Å². The van der Waals surface area contributed by atoms with Gasteiger partial charge in [-0.15, -0.1) is 0 Å². The highest BCUT2D eigenvalue weighted by atomic mass is 79.9. The van der Waals surface area contributed by atoms with E-state index < -0.39 is 10.2 Å². The summed E-state index contributed by atoms with van der Waals surface area (Å²) >= 11 is 9.14. The molecule has 4 nitrogen and oxygen atoms in total. The van der Waals surface area contributed by atoms with Crippen molar-refractivity contribution in [3.63, 3.8) is 0 Å². The van der Waals surface area contributed by atoms with E-state index in [1.54, 1.807) is 18.2 Å². The van der Waals surface area contributed by atoms with E-state index in [2.05, 4.69) is 25.4 Å². The quantitative estimate of drug-likeness (QED) is 0.865. The maximum absolute atomic E-state index is 11.7. The van der Waals surface area contributed by atoms with Gasteiger partial charge in [-0.3, -0.25) is 4.72 Å². The van der Waals surface area contributed by atoms with Crippen LogP contribution in [0, 0.1) is 5.92 Å². The topological polar surface area (TPSA) is 58.2 Å². The number of nitrogens with one attached hydrogen (secondary N) is 2. The molecule has 0 unspecified atom stereocenters. The zero-order valence-electron chi connectivity index (χ0n) is 9.50. The van der Waals surface area contributed by atoms with Crippen LogP contribution in [0.15, 0.2) is 22.7 Å². The van der Waals surface area contributed by atoms with Crippen molar-refractivity contribution >= 4 is 43.4 Å². The average Bonchev–Trinajstić information content (AvgIpc) is 2.20. The second-order valence-corrected chi connectivity index (χ2v) is 6.79. The van der Waals surface area contributed by atoms with Crippen molar-refractivity contribution in [3.8, 4) is 0 Å². The van der Waals surface area contributed by atoms with Crippen LogP contribution in [0.25, 0.3) is 0 Å². The standard InChI is InChI=1S/C10H14BrClN2O2S/c1-7(2)6-13-17(15,16)14-10-5-8(11)3-4-9(10)12/h3-5,7,13-14H,6H2,1-2H3. The fraction of sp³-hybridized carbons (Fsp3) is 0.400. The fourth-order valence-electron chi connectivity index (χ4n) is 1.03. The smallest absolute Gasteiger partial charge is 0.270 e. The lowest BCUT2D eigenvalue weighted by Gasteiger charge is -2.12. The van der Waals surface area contributed by atoms with Crippen LogP contribution in [-0.4, -0.2) is 15.0 Å². The van der Waals surface area contributed by atoms with Crippen LogP contribution in [0.2, 0.25) is 5.02 Å². The first kappa shape index (κ1) is 14.8. The Bertz CT molecular complexity index is 491. The van der Waals surface area contributed by atoms with E-state index >= 15 is 0 Å². The van der Waals surface area contributed by atoms with Crippen LogP contribution in [-0.2, 0) is 10.2 Å². The third kappa shape index (κ3) is 5.25.